The van der Waals surface area contributed by atoms with Crippen molar-refractivity contribution in [3.8, 4) is 5.75 Å². The molecule has 0 aliphatic rings. The van der Waals surface area contributed by atoms with E-state index in [-0.39, 0.29) is 10.7 Å². The Morgan fingerprint density at radius 1 is 1.00 bits per heavy atom. The van der Waals surface area contributed by atoms with Crippen LogP contribution in [0.5, 0.6) is 5.75 Å². The molecule has 28 heavy (non-hydrogen) atoms. The molecular weight excluding hydrogens is 415 g/mol. The minimum Gasteiger partial charge on any atom is -0.867 e. The Morgan fingerprint density at radius 3 is 2.29 bits per heavy atom. The number of hydrogen-bond acceptors (Lipinski definition) is 3. The van der Waals surface area contributed by atoms with E-state index in [0.717, 1.165) is 11.4 Å². The van der Waals surface area contributed by atoms with Gasteiger partial charge in [0.2, 0.25) is 5.70 Å². The van der Waals surface area contributed by atoms with E-state index in [1.54, 1.807) is 48.3 Å². The second-order valence-electron chi connectivity index (χ2n) is 5.77. The highest BCUT2D eigenvalue weighted by atomic mass is 35.5. The number of thiocarbonyl (C=S) groups is 1. The summed E-state index contributed by atoms with van der Waals surface area (Å²) in [5, 5.41) is 17.0. The van der Waals surface area contributed by atoms with Gasteiger partial charge in [0, 0.05) is 17.8 Å². The Labute approximate surface area is 178 Å². The van der Waals surface area contributed by atoms with E-state index >= 15 is 0 Å². The molecule has 0 spiro atoms. The molecule has 0 saturated carbocycles. The summed E-state index contributed by atoms with van der Waals surface area (Å²) in [6.07, 6.45) is 3.51. The van der Waals surface area contributed by atoms with Crippen LogP contribution in [0.1, 0.15) is 5.56 Å². The Bertz CT molecular complexity index is 1020. The van der Waals surface area contributed by atoms with Gasteiger partial charge in [0.1, 0.15) is 5.75 Å². The molecule has 3 rings (SSSR count). The van der Waals surface area contributed by atoms with Gasteiger partial charge in [-0.05, 0) is 47.7 Å². The molecule has 0 amide bonds. The molecule has 0 unspecified atom stereocenters. The predicted molar refractivity (Wildman–Crippen MR) is 115 cm³/mol. The lowest BCUT2D eigenvalue weighted by Gasteiger charge is -2.17. The predicted octanol–water partition coefficient (Wildman–Crippen LogP) is 4.42. The summed E-state index contributed by atoms with van der Waals surface area (Å²) in [5.41, 5.74) is 1.42. The third-order valence-corrected chi connectivity index (χ3v) is 4.97. The van der Waals surface area contributed by atoms with Crippen molar-refractivity contribution in [3.05, 3.63) is 88.7 Å². The van der Waals surface area contributed by atoms with E-state index < -0.39 is 0 Å². The molecule has 7 heteroatoms. The van der Waals surface area contributed by atoms with Crippen LogP contribution in [0.25, 0.3) is 11.5 Å². The molecule has 0 aliphatic heterocycles. The molecule has 0 bridgehead atoms. The zero-order valence-corrected chi connectivity index (χ0v) is 17.2. The van der Waals surface area contributed by atoms with E-state index in [1.165, 1.54) is 6.07 Å². The number of nitrogens with zero attached hydrogens (tertiary/aromatic N) is 1. The lowest BCUT2D eigenvalue weighted by atomic mass is 10.1. The first-order valence-corrected chi connectivity index (χ1v) is 9.45. The number of halogens is 2. The number of methoxy groups -OCH3 is 1. The van der Waals surface area contributed by atoms with Crippen LogP contribution in [0.4, 0.5) is 5.69 Å². The van der Waals surface area contributed by atoms with Crippen LogP contribution < -0.4 is 19.7 Å². The summed E-state index contributed by atoms with van der Waals surface area (Å²) in [6.45, 7) is 0. The van der Waals surface area contributed by atoms with Crippen molar-refractivity contribution in [2.24, 2.45) is 0 Å². The Kier molecular flexibility index (Phi) is 6.52. The highest BCUT2D eigenvalue weighted by Gasteiger charge is 2.19. The van der Waals surface area contributed by atoms with Gasteiger partial charge in [-0.1, -0.05) is 47.6 Å². The van der Waals surface area contributed by atoms with Crippen molar-refractivity contribution in [3.63, 3.8) is 0 Å². The highest BCUT2D eigenvalue weighted by Crippen LogP contribution is 2.26. The molecule has 4 nitrogen and oxygen atoms in total. The van der Waals surface area contributed by atoms with Crippen molar-refractivity contribution in [1.29, 1.82) is 0 Å². The number of aromatic nitrogens is 1. The molecule has 1 N–H and O–H groups in total. The normalized spacial score (nSPS) is 11.5. The summed E-state index contributed by atoms with van der Waals surface area (Å²) < 4.78 is 6.83. The van der Waals surface area contributed by atoms with Gasteiger partial charge in [0.25, 0.3) is 0 Å². The maximum absolute atomic E-state index is 13.2. The maximum Gasteiger partial charge on any atom is 0.238 e. The minimum absolute atomic E-state index is 0.275. The topological polar surface area (TPSA) is 48.2 Å². The van der Waals surface area contributed by atoms with Crippen LogP contribution >= 0.6 is 35.4 Å². The number of pyridine rings is 1. The van der Waals surface area contributed by atoms with Crippen LogP contribution in [0.2, 0.25) is 10.0 Å². The second kappa shape index (κ2) is 9.06. The Balaban J connectivity index is 2.03. The summed E-state index contributed by atoms with van der Waals surface area (Å²) in [4.78, 5) is 0.275. The molecule has 1 aromatic heterocycles. The van der Waals surface area contributed by atoms with Gasteiger partial charge in [-0.2, -0.15) is 4.57 Å². The van der Waals surface area contributed by atoms with Crippen LogP contribution in [-0.4, -0.2) is 12.1 Å². The number of benzene rings is 2. The van der Waals surface area contributed by atoms with E-state index in [4.69, 9.17) is 40.2 Å². The van der Waals surface area contributed by atoms with Gasteiger partial charge in [0.15, 0.2) is 17.4 Å². The third-order valence-electron chi connectivity index (χ3n) is 3.93. The van der Waals surface area contributed by atoms with Crippen molar-refractivity contribution < 1.29 is 14.4 Å². The smallest absolute Gasteiger partial charge is 0.238 e. The fourth-order valence-electron chi connectivity index (χ4n) is 2.52. The molecule has 0 fully saturated rings. The summed E-state index contributed by atoms with van der Waals surface area (Å²) in [6, 6.07) is 17.5. The van der Waals surface area contributed by atoms with Gasteiger partial charge in [0.05, 0.1) is 17.2 Å². The fraction of sp³-hybridized carbons (Fsp3) is 0.0476. The van der Waals surface area contributed by atoms with Gasteiger partial charge in [-0.3, -0.25) is 0 Å². The van der Waals surface area contributed by atoms with Crippen LogP contribution in [0.15, 0.2) is 73.1 Å². The number of anilines is 1. The molecule has 2 aromatic carbocycles. The zero-order valence-electron chi connectivity index (χ0n) is 14.9. The first-order valence-electron chi connectivity index (χ1n) is 8.28. The number of rotatable bonds is 5. The molecule has 0 radical (unpaired) electrons. The molecule has 1 heterocycles. The van der Waals surface area contributed by atoms with E-state index in [2.05, 4.69) is 5.32 Å². The number of nitrogens with one attached hydrogen (secondary N) is 1. The lowest BCUT2D eigenvalue weighted by Crippen LogP contribution is -2.39. The fourth-order valence-corrected chi connectivity index (χ4v) is 3.14. The first kappa shape index (κ1) is 20.1. The van der Waals surface area contributed by atoms with Crippen molar-refractivity contribution in [1.82, 2.24) is 0 Å². The van der Waals surface area contributed by atoms with Crippen molar-refractivity contribution in [2.75, 3.05) is 12.4 Å². The van der Waals surface area contributed by atoms with Crippen LogP contribution in [0.3, 0.4) is 0 Å². The lowest BCUT2D eigenvalue weighted by molar-refractivity contribution is -0.577. The van der Waals surface area contributed by atoms with Crippen molar-refractivity contribution in [2.45, 2.75) is 0 Å². The molecule has 0 saturated heterocycles. The number of ether oxygens (including phenoxy) is 1. The first-order chi connectivity index (χ1) is 13.5. The molecule has 3 aromatic rings. The largest absolute Gasteiger partial charge is 0.867 e. The van der Waals surface area contributed by atoms with E-state index in [9.17, 15) is 5.11 Å². The quantitative estimate of drug-likeness (QED) is 0.281. The SMILES string of the molecule is COc1ccc(NC(=S)/C(=C(\[O-])c2ccc(Cl)c(Cl)c2)[n+]2ccccc2)cc1. The molecule has 0 aliphatic carbocycles. The summed E-state index contributed by atoms with van der Waals surface area (Å²) >= 11 is 17.6. The summed E-state index contributed by atoms with van der Waals surface area (Å²) in [7, 11) is 1.60. The van der Waals surface area contributed by atoms with Crippen molar-refractivity contribution >= 4 is 57.6 Å². The zero-order chi connectivity index (χ0) is 20.1. The highest BCUT2D eigenvalue weighted by molar-refractivity contribution is 7.81. The summed E-state index contributed by atoms with van der Waals surface area (Å²) in [5.74, 6) is 0.450. The second-order valence-corrected chi connectivity index (χ2v) is 6.99. The average molecular weight is 431 g/mol. The third kappa shape index (κ3) is 4.62. The standard InChI is InChI=1S/C21H16Cl2N2O2S/c1-27-16-8-6-15(7-9-16)24-21(28)19(25-11-3-2-4-12-25)20(26)14-5-10-17(22)18(23)13-14/h2-13H,1H3,(H-,24,26,28). The van der Waals surface area contributed by atoms with Gasteiger partial charge in [-0.15, -0.1) is 0 Å². The maximum atomic E-state index is 13.2. The molecule has 0 atom stereocenters. The Hall–Kier alpha value is -2.60. The van der Waals surface area contributed by atoms with Crippen LogP contribution in [-0.2, 0) is 0 Å². The average Bonchev–Trinajstić information content (AvgIpc) is 2.71. The molecule has 142 valence electrons. The monoisotopic (exact) mass is 430 g/mol. The number of hydrogen-bond donors (Lipinski definition) is 1. The minimum atomic E-state index is -0.277. The van der Waals surface area contributed by atoms with E-state index in [0.29, 0.717) is 21.3 Å². The van der Waals surface area contributed by atoms with Gasteiger partial charge >= 0.3 is 0 Å². The van der Waals surface area contributed by atoms with Crippen LogP contribution in [0, 0.1) is 0 Å². The van der Waals surface area contributed by atoms with E-state index in [1.807, 2.05) is 30.3 Å². The Morgan fingerprint density at radius 2 is 1.68 bits per heavy atom. The van der Waals surface area contributed by atoms with Gasteiger partial charge < -0.3 is 15.2 Å². The molecular formula is C21H16Cl2N2O2S. The van der Waals surface area contributed by atoms with Gasteiger partial charge in [-0.25, -0.2) is 0 Å².